The van der Waals surface area contributed by atoms with Gasteiger partial charge < -0.3 is 19.3 Å². The number of aromatic nitrogens is 2. The molecule has 2 aliphatic rings. The van der Waals surface area contributed by atoms with Gasteiger partial charge >= 0.3 is 12.2 Å². The third-order valence-corrected chi connectivity index (χ3v) is 7.02. The lowest BCUT2D eigenvalue weighted by atomic mass is 9.90. The van der Waals surface area contributed by atoms with Gasteiger partial charge in [-0.05, 0) is 78.6 Å². The average molecular weight is 540 g/mol. The highest BCUT2D eigenvalue weighted by Gasteiger charge is 2.32. The molecule has 9 heteroatoms. The van der Waals surface area contributed by atoms with Gasteiger partial charge in [-0.25, -0.2) is 9.59 Å². The maximum atomic E-state index is 13.0. The van der Waals surface area contributed by atoms with Gasteiger partial charge in [-0.15, -0.1) is 0 Å². The third-order valence-electron chi connectivity index (χ3n) is 7.02. The van der Waals surface area contributed by atoms with E-state index in [9.17, 15) is 9.59 Å². The van der Waals surface area contributed by atoms with Crippen LogP contribution in [0.25, 0.3) is 11.1 Å². The summed E-state index contributed by atoms with van der Waals surface area (Å²) in [6, 6.07) is 8.50. The molecule has 4 rings (SSSR count). The molecule has 0 spiro atoms. The smallest absolute Gasteiger partial charge is 0.435 e. The fourth-order valence-corrected chi connectivity index (χ4v) is 5.11. The zero-order chi connectivity index (χ0) is 28.4. The van der Waals surface area contributed by atoms with E-state index in [0.29, 0.717) is 13.1 Å². The molecule has 1 atom stereocenters. The highest BCUT2D eigenvalue weighted by atomic mass is 16.6. The Balaban J connectivity index is 1.63. The van der Waals surface area contributed by atoms with E-state index in [1.165, 1.54) is 10.2 Å². The molecule has 0 radical (unpaired) electrons. The van der Waals surface area contributed by atoms with Crippen LogP contribution in [-0.4, -0.2) is 94.2 Å². The van der Waals surface area contributed by atoms with Gasteiger partial charge in [-0.1, -0.05) is 18.2 Å². The van der Waals surface area contributed by atoms with Crippen molar-refractivity contribution in [2.45, 2.75) is 78.0 Å². The Morgan fingerprint density at radius 1 is 0.949 bits per heavy atom. The second kappa shape index (κ2) is 11.7. The van der Waals surface area contributed by atoms with E-state index in [0.717, 1.165) is 62.4 Å². The third kappa shape index (κ3) is 8.05. The van der Waals surface area contributed by atoms with Gasteiger partial charge in [-0.2, -0.15) is 9.78 Å². The standard InChI is InChI=1S/C30H45N5O4/c1-29(2,3)38-27(36)34-13-9-12-24(20-34)26-25(21-35(31-26)28(37)39-30(4,5)6)23-11-8-10-22(18-23)19-33-16-14-32(7)15-17-33/h8,10-11,18,21,24H,9,12-17,19-20H2,1-7H3. The summed E-state index contributed by atoms with van der Waals surface area (Å²) < 4.78 is 12.6. The van der Waals surface area contributed by atoms with Crippen LogP contribution in [0, 0.1) is 0 Å². The van der Waals surface area contributed by atoms with Crippen LogP contribution in [-0.2, 0) is 16.0 Å². The Bertz CT molecular complexity index is 1150. The molecule has 1 amide bonds. The minimum absolute atomic E-state index is 0.0220. The summed E-state index contributed by atoms with van der Waals surface area (Å²) in [5.41, 5.74) is 2.76. The number of likely N-dealkylation sites (N-methyl/N-ethyl adjacent to an activating group) is 1. The predicted octanol–water partition coefficient (Wildman–Crippen LogP) is 5.20. The lowest BCUT2D eigenvalue weighted by Crippen LogP contribution is -2.43. The Labute approximate surface area is 233 Å². The second-order valence-corrected chi connectivity index (χ2v) is 12.9. The normalized spacial score (nSPS) is 19.7. The first-order chi connectivity index (χ1) is 18.3. The molecule has 2 aliphatic heterocycles. The minimum Gasteiger partial charge on any atom is -0.444 e. The van der Waals surface area contributed by atoms with E-state index in [-0.39, 0.29) is 12.0 Å². The summed E-state index contributed by atoms with van der Waals surface area (Å²) in [4.78, 5) is 32.5. The van der Waals surface area contributed by atoms with E-state index in [2.05, 4.69) is 41.1 Å². The van der Waals surface area contributed by atoms with Gasteiger partial charge in [0.2, 0.25) is 0 Å². The molecule has 39 heavy (non-hydrogen) atoms. The molecule has 2 saturated heterocycles. The van der Waals surface area contributed by atoms with Gasteiger partial charge in [0.15, 0.2) is 0 Å². The first-order valence-electron chi connectivity index (χ1n) is 14.1. The van der Waals surface area contributed by atoms with Crippen molar-refractivity contribution >= 4 is 12.2 Å². The summed E-state index contributed by atoms with van der Waals surface area (Å²) in [6.07, 6.45) is 2.67. The summed E-state index contributed by atoms with van der Waals surface area (Å²) in [5.74, 6) is -0.0220. The average Bonchev–Trinajstić information content (AvgIpc) is 3.30. The monoisotopic (exact) mass is 539 g/mol. The van der Waals surface area contributed by atoms with E-state index in [4.69, 9.17) is 14.6 Å². The number of benzene rings is 1. The van der Waals surface area contributed by atoms with Crippen molar-refractivity contribution in [3.05, 3.63) is 41.7 Å². The van der Waals surface area contributed by atoms with Gasteiger partial charge in [0.25, 0.3) is 0 Å². The fourth-order valence-electron chi connectivity index (χ4n) is 5.11. The molecule has 0 saturated carbocycles. The number of nitrogens with zero attached hydrogens (tertiary/aromatic N) is 5. The Morgan fingerprint density at radius 3 is 2.28 bits per heavy atom. The summed E-state index contributed by atoms with van der Waals surface area (Å²) in [7, 11) is 2.16. The van der Waals surface area contributed by atoms with E-state index in [1.54, 1.807) is 11.1 Å². The fraction of sp³-hybridized carbons (Fsp3) is 0.633. The van der Waals surface area contributed by atoms with Crippen LogP contribution in [0.2, 0.25) is 0 Å². The predicted molar refractivity (Wildman–Crippen MR) is 152 cm³/mol. The Kier molecular flexibility index (Phi) is 8.71. The highest BCUT2D eigenvalue weighted by molar-refractivity contribution is 5.75. The molecule has 0 N–H and O–H groups in total. The van der Waals surface area contributed by atoms with E-state index < -0.39 is 17.3 Å². The quantitative estimate of drug-likeness (QED) is 0.529. The minimum atomic E-state index is -0.635. The first-order valence-corrected chi connectivity index (χ1v) is 14.1. The van der Waals surface area contributed by atoms with E-state index in [1.807, 2.05) is 41.5 Å². The van der Waals surface area contributed by atoms with Crippen molar-refractivity contribution in [2.75, 3.05) is 46.3 Å². The van der Waals surface area contributed by atoms with Gasteiger partial charge in [0.05, 0.1) is 5.69 Å². The maximum Gasteiger partial charge on any atom is 0.435 e. The number of carbonyl (C=O) groups excluding carboxylic acids is 2. The highest BCUT2D eigenvalue weighted by Crippen LogP contribution is 2.35. The molecule has 1 unspecified atom stereocenters. The number of amides is 1. The molecular weight excluding hydrogens is 494 g/mol. The van der Waals surface area contributed by atoms with Crippen molar-refractivity contribution < 1.29 is 19.1 Å². The van der Waals surface area contributed by atoms with Gasteiger partial charge in [0, 0.05) is 63.5 Å². The molecule has 2 fully saturated rings. The molecular formula is C30H45N5O4. The van der Waals surface area contributed by atoms with E-state index >= 15 is 0 Å². The number of hydrogen-bond acceptors (Lipinski definition) is 7. The van der Waals surface area contributed by atoms with Gasteiger partial charge in [0.1, 0.15) is 11.2 Å². The summed E-state index contributed by atoms with van der Waals surface area (Å²) in [5, 5.41) is 4.76. The van der Waals surface area contributed by atoms with Crippen molar-refractivity contribution in [1.29, 1.82) is 0 Å². The lowest BCUT2D eigenvalue weighted by molar-refractivity contribution is 0.0196. The van der Waals surface area contributed by atoms with Crippen molar-refractivity contribution in [3.63, 3.8) is 0 Å². The van der Waals surface area contributed by atoms with Crippen LogP contribution in [0.3, 0.4) is 0 Å². The molecule has 0 aliphatic carbocycles. The molecule has 2 aromatic rings. The number of carbonyl (C=O) groups is 2. The van der Waals surface area contributed by atoms with Crippen LogP contribution in [0.1, 0.15) is 71.6 Å². The molecule has 3 heterocycles. The van der Waals surface area contributed by atoms with Gasteiger partial charge in [-0.3, -0.25) is 4.90 Å². The summed E-state index contributed by atoms with van der Waals surface area (Å²) in [6.45, 7) is 17.4. The van der Waals surface area contributed by atoms with Crippen LogP contribution in [0.4, 0.5) is 9.59 Å². The van der Waals surface area contributed by atoms with Crippen LogP contribution in [0.15, 0.2) is 30.5 Å². The topological polar surface area (TPSA) is 80.1 Å². The number of ether oxygens (including phenoxy) is 2. The SMILES string of the molecule is CN1CCN(Cc2cccc(-c3cn(C(=O)OC(C)(C)C)nc3C3CCCN(C(=O)OC(C)(C)C)C3)c2)CC1. The van der Waals surface area contributed by atoms with Crippen LogP contribution in [0.5, 0.6) is 0 Å². The number of hydrogen-bond donors (Lipinski definition) is 0. The second-order valence-electron chi connectivity index (χ2n) is 12.9. The molecule has 1 aromatic carbocycles. The Morgan fingerprint density at radius 2 is 1.62 bits per heavy atom. The molecule has 1 aromatic heterocycles. The summed E-state index contributed by atoms with van der Waals surface area (Å²) >= 11 is 0. The number of piperidine rings is 1. The van der Waals surface area contributed by atoms with Crippen molar-refractivity contribution in [3.8, 4) is 11.1 Å². The molecule has 0 bridgehead atoms. The lowest BCUT2D eigenvalue weighted by Gasteiger charge is -2.34. The number of likely N-dealkylation sites (tertiary alicyclic amines) is 1. The first kappa shape index (κ1) is 29.1. The maximum absolute atomic E-state index is 13.0. The Hall–Kier alpha value is -2.91. The van der Waals surface area contributed by atoms with Crippen molar-refractivity contribution in [1.82, 2.24) is 24.5 Å². The van der Waals surface area contributed by atoms with Crippen LogP contribution >= 0.6 is 0 Å². The molecule has 9 nitrogen and oxygen atoms in total. The number of piperazine rings is 1. The zero-order valence-electron chi connectivity index (χ0n) is 24.7. The number of rotatable bonds is 4. The largest absolute Gasteiger partial charge is 0.444 e. The van der Waals surface area contributed by atoms with Crippen LogP contribution < -0.4 is 0 Å². The zero-order valence-corrected chi connectivity index (χ0v) is 24.7. The van der Waals surface area contributed by atoms with Crippen molar-refractivity contribution in [2.24, 2.45) is 0 Å². The molecule has 214 valence electrons.